The minimum atomic E-state index is -1.06. The molecule has 2 N–H and O–H groups in total. The molecule has 0 aromatic carbocycles. The molecule has 1 amide bonds. The molecule has 0 radical (unpaired) electrons. The average molecular weight is 147 g/mol. The second-order valence-electron chi connectivity index (χ2n) is 2.56. The largest absolute Gasteiger partial charge is 0.465 e. The van der Waals surface area contributed by atoms with E-state index in [1.54, 1.807) is 0 Å². The molecule has 1 rings (SSSR count). The van der Waals surface area contributed by atoms with Crippen LogP contribution in [0.25, 0.3) is 0 Å². The van der Waals surface area contributed by atoms with Gasteiger partial charge in [0.1, 0.15) is 6.17 Å². The normalized spacial score (nSPS) is 32.1. The van der Waals surface area contributed by atoms with Crippen LogP contribution in [0, 0.1) is 0 Å². The molecule has 1 aliphatic rings. The Bertz CT molecular complexity index is 140. The van der Waals surface area contributed by atoms with Crippen LogP contribution in [-0.2, 0) is 0 Å². The van der Waals surface area contributed by atoms with Crippen molar-refractivity contribution in [3.63, 3.8) is 0 Å². The lowest BCUT2D eigenvalue weighted by Gasteiger charge is -2.06. The molecule has 0 aromatic rings. The van der Waals surface area contributed by atoms with Crippen LogP contribution in [0.15, 0.2) is 0 Å². The van der Waals surface area contributed by atoms with Crippen LogP contribution in [0.1, 0.15) is 19.3 Å². The van der Waals surface area contributed by atoms with Crippen molar-refractivity contribution in [2.75, 3.05) is 0 Å². The van der Waals surface area contributed by atoms with Gasteiger partial charge in [-0.05, 0) is 19.3 Å². The molecule has 10 heavy (non-hydrogen) atoms. The highest BCUT2D eigenvalue weighted by atomic mass is 19.1. The van der Waals surface area contributed by atoms with Gasteiger partial charge in [0.05, 0.1) is 0 Å². The SMILES string of the molecule is O=C(O)N[C@@H]1CC[C@H](F)C1. The maximum atomic E-state index is 12.4. The van der Waals surface area contributed by atoms with Gasteiger partial charge in [-0.15, -0.1) is 0 Å². The predicted molar refractivity (Wildman–Crippen MR) is 33.7 cm³/mol. The first-order valence-electron chi connectivity index (χ1n) is 3.32. The molecular weight excluding hydrogens is 137 g/mol. The summed E-state index contributed by atoms with van der Waals surface area (Å²) < 4.78 is 12.4. The summed E-state index contributed by atoms with van der Waals surface area (Å²) in [6.45, 7) is 0. The second kappa shape index (κ2) is 2.86. The van der Waals surface area contributed by atoms with Gasteiger partial charge in [-0.25, -0.2) is 9.18 Å². The molecule has 1 saturated carbocycles. The van der Waals surface area contributed by atoms with Gasteiger partial charge in [0.15, 0.2) is 0 Å². The first-order valence-corrected chi connectivity index (χ1v) is 3.32. The van der Waals surface area contributed by atoms with E-state index in [4.69, 9.17) is 5.11 Å². The van der Waals surface area contributed by atoms with E-state index >= 15 is 0 Å². The number of hydrogen-bond donors (Lipinski definition) is 2. The van der Waals surface area contributed by atoms with Gasteiger partial charge >= 0.3 is 6.09 Å². The fourth-order valence-corrected chi connectivity index (χ4v) is 1.23. The summed E-state index contributed by atoms with van der Waals surface area (Å²) in [6.07, 6.45) is -0.402. The number of nitrogens with one attached hydrogen (secondary N) is 1. The molecule has 0 bridgehead atoms. The number of amides is 1. The zero-order chi connectivity index (χ0) is 7.56. The lowest BCUT2D eigenvalue weighted by Crippen LogP contribution is -2.31. The zero-order valence-corrected chi connectivity index (χ0v) is 5.51. The van der Waals surface area contributed by atoms with Crippen molar-refractivity contribution in [1.82, 2.24) is 5.32 Å². The molecule has 3 nitrogen and oxygen atoms in total. The van der Waals surface area contributed by atoms with Crippen LogP contribution < -0.4 is 5.32 Å². The highest BCUT2D eigenvalue weighted by molar-refractivity contribution is 5.64. The van der Waals surface area contributed by atoms with E-state index in [0.717, 1.165) is 0 Å². The van der Waals surface area contributed by atoms with E-state index in [1.807, 2.05) is 0 Å². The van der Waals surface area contributed by atoms with Gasteiger partial charge in [0.2, 0.25) is 0 Å². The smallest absolute Gasteiger partial charge is 0.404 e. The third-order valence-corrected chi connectivity index (χ3v) is 1.70. The molecule has 0 unspecified atom stereocenters. The third-order valence-electron chi connectivity index (χ3n) is 1.70. The molecule has 4 heteroatoms. The van der Waals surface area contributed by atoms with Gasteiger partial charge in [0.25, 0.3) is 0 Å². The van der Waals surface area contributed by atoms with Crippen LogP contribution in [0.3, 0.4) is 0 Å². The molecule has 0 aromatic heterocycles. The van der Waals surface area contributed by atoms with E-state index in [-0.39, 0.29) is 6.04 Å². The van der Waals surface area contributed by atoms with Crippen molar-refractivity contribution in [3.8, 4) is 0 Å². The van der Waals surface area contributed by atoms with Crippen LogP contribution in [0.5, 0.6) is 0 Å². The van der Waals surface area contributed by atoms with Gasteiger partial charge in [-0.2, -0.15) is 0 Å². The van der Waals surface area contributed by atoms with Gasteiger partial charge < -0.3 is 10.4 Å². The Balaban J connectivity index is 2.24. The van der Waals surface area contributed by atoms with E-state index < -0.39 is 12.3 Å². The summed E-state index contributed by atoms with van der Waals surface area (Å²) in [7, 11) is 0. The minimum Gasteiger partial charge on any atom is -0.465 e. The fraction of sp³-hybridized carbons (Fsp3) is 0.833. The van der Waals surface area contributed by atoms with Crippen LogP contribution in [0.2, 0.25) is 0 Å². The van der Waals surface area contributed by atoms with Gasteiger partial charge in [-0.1, -0.05) is 0 Å². The lowest BCUT2D eigenvalue weighted by atomic mass is 10.2. The van der Waals surface area contributed by atoms with E-state index in [1.165, 1.54) is 0 Å². The average Bonchev–Trinajstić information content (AvgIpc) is 2.13. The monoisotopic (exact) mass is 147 g/mol. The van der Waals surface area contributed by atoms with Crippen molar-refractivity contribution in [2.45, 2.75) is 31.5 Å². The Labute approximate surface area is 58.2 Å². The summed E-state index contributed by atoms with van der Waals surface area (Å²) >= 11 is 0. The van der Waals surface area contributed by atoms with Crippen molar-refractivity contribution < 1.29 is 14.3 Å². The topological polar surface area (TPSA) is 49.3 Å². The highest BCUT2D eigenvalue weighted by Gasteiger charge is 2.24. The molecular formula is C6H10FNO2. The van der Waals surface area contributed by atoms with Crippen LogP contribution in [-0.4, -0.2) is 23.4 Å². The standard InChI is InChI=1S/C6H10FNO2/c7-4-1-2-5(3-4)8-6(9)10/h4-5,8H,1-3H2,(H,9,10)/t4-,5+/m0/s1. The highest BCUT2D eigenvalue weighted by Crippen LogP contribution is 2.21. The molecule has 1 aliphatic carbocycles. The zero-order valence-electron chi connectivity index (χ0n) is 5.51. The maximum Gasteiger partial charge on any atom is 0.404 e. The van der Waals surface area contributed by atoms with Gasteiger partial charge in [0, 0.05) is 6.04 Å². The maximum absolute atomic E-state index is 12.4. The number of alkyl halides is 1. The summed E-state index contributed by atoms with van der Waals surface area (Å²) in [5, 5.41) is 10.5. The van der Waals surface area contributed by atoms with Gasteiger partial charge in [-0.3, -0.25) is 0 Å². The summed E-state index contributed by atoms with van der Waals surface area (Å²) in [6, 6.07) is -0.160. The number of carbonyl (C=O) groups is 1. The Morgan fingerprint density at radius 1 is 1.60 bits per heavy atom. The molecule has 0 aliphatic heterocycles. The Morgan fingerprint density at radius 3 is 2.70 bits per heavy atom. The van der Waals surface area contributed by atoms with Crippen LogP contribution >= 0.6 is 0 Å². The predicted octanol–water partition coefficient (Wildman–Crippen LogP) is 1.14. The summed E-state index contributed by atoms with van der Waals surface area (Å²) in [5.74, 6) is 0. The summed E-state index contributed by atoms with van der Waals surface area (Å²) in [4.78, 5) is 10.0. The molecule has 58 valence electrons. The molecule has 0 heterocycles. The Kier molecular flexibility index (Phi) is 2.09. The number of hydrogen-bond acceptors (Lipinski definition) is 1. The Hall–Kier alpha value is -0.800. The molecule has 1 fully saturated rings. The molecule has 0 spiro atoms. The first-order chi connectivity index (χ1) is 4.68. The number of rotatable bonds is 1. The minimum absolute atomic E-state index is 0.160. The summed E-state index contributed by atoms with van der Waals surface area (Å²) in [5.41, 5.74) is 0. The molecule has 2 atom stereocenters. The Morgan fingerprint density at radius 2 is 2.30 bits per heavy atom. The number of carboxylic acid groups (broad SMARTS) is 1. The van der Waals surface area contributed by atoms with E-state index in [2.05, 4.69) is 5.32 Å². The fourth-order valence-electron chi connectivity index (χ4n) is 1.23. The quantitative estimate of drug-likeness (QED) is 0.584. The van der Waals surface area contributed by atoms with E-state index in [0.29, 0.717) is 19.3 Å². The van der Waals surface area contributed by atoms with Crippen LogP contribution in [0.4, 0.5) is 9.18 Å². The molecule has 0 saturated heterocycles. The third kappa shape index (κ3) is 1.86. The van der Waals surface area contributed by atoms with Crippen molar-refractivity contribution in [1.29, 1.82) is 0 Å². The van der Waals surface area contributed by atoms with E-state index in [9.17, 15) is 9.18 Å². The first kappa shape index (κ1) is 7.31. The van der Waals surface area contributed by atoms with Crippen molar-refractivity contribution >= 4 is 6.09 Å². The lowest BCUT2D eigenvalue weighted by molar-refractivity contribution is 0.189. The van der Waals surface area contributed by atoms with Crippen molar-refractivity contribution in [2.24, 2.45) is 0 Å². The number of halogens is 1. The van der Waals surface area contributed by atoms with Crippen molar-refractivity contribution in [3.05, 3.63) is 0 Å². The second-order valence-corrected chi connectivity index (χ2v) is 2.56.